The van der Waals surface area contributed by atoms with E-state index in [0.717, 1.165) is 37.1 Å². The molecule has 1 aliphatic heterocycles. The molecule has 0 unspecified atom stereocenters. The van der Waals surface area contributed by atoms with Gasteiger partial charge in [-0.05, 0) is 42.5 Å². The molecule has 1 aliphatic rings. The highest BCUT2D eigenvalue weighted by atomic mass is 16.5. The maximum Gasteiger partial charge on any atom is 0.337 e. The van der Waals surface area contributed by atoms with Crippen molar-refractivity contribution in [3.8, 4) is 0 Å². The number of likely N-dealkylation sites (tertiary alicyclic amines) is 1. The van der Waals surface area contributed by atoms with Gasteiger partial charge < -0.3 is 9.64 Å². The molecule has 1 atom stereocenters. The molecule has 1 fully saturated rings. The van der Waals surface area contributed by atoms with E-state index >= 15 is 0 Å². The maximum absolute atomic E-state index is 13.1. The van der Waals surface area contributed by atoms with E-state index in [1.807, 2.05) is 47.4 Å². The second-order valence-corrected chi connectivity index (χ2v) is 6.80. The summed E-state index contributed by atoms with van der Waals surface area (Å²) in [6, 6.07) is 16.7. The van der Waals surface area contributed by atoms with Crippen molar-refractivity contribution in [2.45, 2.75) is 31.8 Å². The molecule has 2 aromatic rings. The second kappa shape index (κ2) is 9.33. The summed E-state index contributed by atoms with van der Waals surface area (Å²) in [4.78, 5) is 26.6. The second-order valence-electron chi connectivity index (χ2n) is 6.80. The molecule has 5 nitrogen and oxygen atoms in total. The van der Waals surface area contributed by atoms with E-state index in [4.69, 9.17) is 4.74 Å². The van der Waals surface area contributed by atoms with Gasteiger partial charge in [-0.2, -0.15) is 0 Å². The Morgan fingerprint density at radius 2 is 1.67 bits per heavy atom. The van der Waals surface area contributed by atoms with Crippen LogP contribution in [0.15, 0.2) is 54.6 Å². The summed E-state index contributed by atoms with van der Waals surface area (Å²) >= 11 is 0. The Morgan fingerprint density at radius 3 is 2.30 bits per heavy atom. The van der Waals surface area contributed by atoms with E-state index in [0.29, 0.717) is 12.1 Å². The Bertz CT molecular complexity index is 753. The van der Waals surface area contributed by atoms with Gasteiger partial charge in [-0.25, -0.2) is 4.79 Å². The minimum Gasteiger partial charge on any atom is -0.465 e. The molecule has 27 heavy (non-hydrogen) atoms. The van der Waals surface area contributed by atoms with Gasteiger partial charge in [0.15, 0.2) is 0 Å². The highest BCUT2D eigenvalue weighted by Crippen LogP contribution is 2.20. The predicted octanol–water partition coefficient (Wildman–Crippen LogP) is 3.32. The zero-order chi connectivity index (χ0) is 19.1. The monoisotopic (exact) mass is 366 g/mol. The van der Waals surface area contributed by atoms with E-state index < -0.39 is 0 Å². The number of carbonyl (C=O) groups excluding carboxylic acids is 2. The molecular weight excluding hydrogens is 340 g/mol. The fraction of sp³-hybridized carbons (Fsp3) is 0.364. The zero-order valence-corrected chi connectivity index (χ0v) is 15.7. The van der Waals surface area contributed by atoms with Gasteiger partial charge in [0, 0.05) is 19.6 Å². The quantitative estimate of drug-likeness (QED) is 0.797. The molecule has 0 saturated carbocycles. The predicted molar refractivity (Wildman–Crippen MR) is 104 cm³/mol. The zero-order valence-electron chi connectivity index (χ0n) is 15.7. The third-order valence-corrected chi connectivity index (χ3v) is 4.93. The van der Waals surface area contributed by atoms with E-state index in [1.165, 1.54) is 13.5 Å². The number of carbonyl (C=O) groups is 2. The Balaban J connectivity index is 1.71. The van der Waals surface area contributed by atoms with E-state index in [2.05, 4.69) is 5.32 Å². The van der Waals surface area contributed by atoms with E-state index in [1.54, 1.807) is 12.1 Å². The highest BCUT2D eigenvalue weighted by molar-refractivity contribution is 5.89. The van der Waals surface area contributed by atoms with Gasteiger partial charge in [0.2, 0.25) is 5.91 Å². The smallest absolute Gasteiger partial charge is 0.337 e. The van der Waals surface area contributed by atoms with Gasteiger partial charge in [-0.15, -0.1) is 0 Å². The molecule has 1 heterocycles. The first kappa shape index (κ1) is 19.1. The van der Waals surface area contributed by atoms with Crippen molar-refractivity contribution in [1.82, 2.24) is 10.2 Å². The number of hydrogen-bond donors (Lipinski definition) is 1. The third-order valence-electron chi connectivity index (χ3n) is 4.93. The van der Waals surface area contributed by atoms with Gasteiger partial charge in [0.1, 0.15) is 6.04 Å². The van der Waals surface area contributed by atoms with Crippen LogP contribution >= 0.6 is 0 Å². The van der Waals surface area contributed by atoms with Crippen LogP contribution in [0.25, 0.3) is 0 Å². The lowest BCUT2D eigenvalue weighted by Crippen LogP contribution is -2.43. The molecule has 2 aromatic carbocycles. The van der Waals surface area contributed by atoms with Gasteiger partial charge in [0.05, 0.1) is 12.7 Å². The highest BCUT2D eigenvalue weighted by Gasteiger charge is 2.26. The molecule has 1 amide bonds. The molecule has 0 radical (unpaired) electrons. The molecule has 3 rings (SSSR count). The SMILES string of the molecule is COC(=O)c1ccc(CN[C@H](C(=O)N2CCCCC2)c2ccccc2)cc1. The summed E-state index contributed by atoms with van der Waals surface area (Å²) in [5.74, 6) is -0.218. The van der Waals surface area contributed by atoms with Gasteiger partial charge in [-0.3, -0.25) is 10.1 Å². The number of benzene rings is 2. The third kappa shape index (κ3) is 4.95. The first-order valence-corrected chi connectivity index (χ1v) is 9.43. The Hall–Kier alpha value is -2.66. The van der Waals surface area contributed by atoms with Crippen LogP contribution in [0.2, 0.25) is 0 Å². The lowest BCUT2D eigenvalue weighted by molar-refractivity contribution is -0.134. The van der Waals surface area contributed by atoms with Crippen molar-refractivity contribution in [2.24, 2.45) is 0 Å². The molecule has 1 saturated heterocycles. The van der Waals surface area contributed by atoms with Crippen LogP contribution in [0, 0.1) is 0 Å². The number of amides is 1. The first-order chi connectivity index (χ1) is 13.2. The summed E-state index contributed by atoms with van der Waals surface area (Å²) in [7, 11) is 1.37. The van der Waals surface area contributed by atoms with Crippen LogP contribution in [0.5, 0.6) is 0 Å². The summed E-state index contributed by atoms with van der Waals surface area (Å²) in [5, 5.41) is 3.40. The maximum atomic E-state index is 13.1. The van der Waals surface area contributed by atoms with Crippen molar-refractivity contribution < 1.29 is 14.3 Å². The van der Waals surface area contributed by atoms with Crippen LogP contribution in [-0.4, -0.2) is 37.0 Å². The standard InChI is InChI=1S/C22H26N2O3/c1-27-22(26)19-12-10-17(11-13-19)16-23-20(18-8-4-2-5-9-18)21(25)24-14-6-3-7-15-24/h2,4-5,8-13,20,23H,3,6-7,14-16H2,1H3/t20-/m0/s1. The van der Waals surface area contributed by atoms with Crippen LogP contribution < -0.4 is 5.32 Å². The number of hydrogen-bond acceptors (Lipinski definition) is 4. The molecular formula is C22H26N2O3. The van der Waals surface area contributed by atoms with Crippen LogP contribution in [0.3, 0.4) is 0 Å². The summed E-state index contributed by atoms with van der Waals surface area (Å²) in [6.45, 7) is 2.20. The van der Waals surface area contributed by atoms with Gasteiger partial charge in [0.25, 0.3) is 0 Å². The number of ether oxygens (including phenoxy) is 1. The molecule has 5 heteroatoms. The number of nitrogens with zero attached hydrogens (tertiary/aromatic N) is 1. The van der Waals surface area contributed by atoms with Crippen molar-refractivity contribution >= 4 is 11.9 Å². The number of piperidine rings is 1. The molecule has 1 N–H and O–H groups in total. The number of rotatable bonds is 6. The normalized spacial score (nSPS) is 15.2. The van der Waals surface area contributed by atoms with E-state index in [-0.39, 0.29) is 17.9 Å². The minimum absolute atomic E-state index is 0.132. The topological polar surface area (TPSA) is 58.6 Å². The fourth-order valence-electron chi connectivity index (χ4n) is 3.39. The number of methoxy groups -OCH3 is 1. The van der Waals surface area contributed by atoms with Gasteiger partial charge >= 0.3 is 5.97 Å². The largest absolute Gasteiger partial charge is 0.465 e. The minimum atomic E-state index is -0.371. The van der Waals surface area contributed by atoms with Crippen molar-refractivity contribution in [3.63, 3.8) is 0 Å². The molecule has 0 aromatic heterocycles. The van der Waals surface area contributed by atoms with Crippen LogP contribution in [-0.2, 0) is 16.1 Å². The summed E-state index contributed by atoms with van der Waals surface area (Å²) < 4.78 is 4.73. The van der Waals surface area contributed by atoms with Gasteiger partial charge in [-0.1, -0.05) is 42.5 Å². The molecule has 142 valence electrons. The lowest BCUT2D eigenvalue weighted by atomic mass is 10.0. The average molecular weight is 366 g/mol. The molecule has 0 spiro atoms. The van der Waals surface area contributed by atoms with Crippen molar-refractivity contribution in [1.29, 1.82) is 0 Å². The summed E-state index contributed by atoms with van der Waals surface area (Å²) in [6.07, 6.45) is 3.34. The Morgan fingerprint density at radius 1 is 1.00 bits per heavy atom. The van der Waals surface area contributed by atoms with Crippen molar-refractivity contribution in [3.05, 3.63) is 71.3 Å². The Labute approximate surface area is 160 Å². The lowest BCUT2D eigenvalue weighted by Gasteiger charge is -2.31. The molecule has 0 bridgehead atoms. The van der Waals surface area contributed by atoms with Crippen molar-refractivity contribution in [2.75, 3.05) is 20.2 Å². The number of nitrogens with one attached hydrogen (secondary N) is 1. The van der Waals surface area contributed by atoms with E-state index in [9.17, 15) is 9.59 Å². The van der Waals surface area contributed by atoms with Crippen LogP contribution in [0.1, 0.15) is 46.8 Å². The average Bonchev–Trinajstić information content (AvgIpc) is 2.75. The molecule has 0 aliphatic carbocycles. The fourth-order valence-corrected chi connectivity index (χ4v) is 3.39. The Kier molecular flexibility index (Phi) is 6.60. The van der Waals surface area contributed by atoms with Crippen LogP contribution in [0.4, 0.5) is 0 Å². The first-order valence-electron chi connectivity index (χ1n) is 9.43. The number of esters is 1. The summed E-state index contributed by atoms with van der Waals surface area (Å²) in [5.41, 5.74) is 2.50.